The summed E-state index contributed by atoms with van der Waals surface area (Å²) in [7, 11) is 0. The number of nitrogens with one attached hydrogen (secondary N) is 1. The number of phenols is 2. The molecule has 0 saturated heterocycles. The molecule has 126 valence electrons. The van der Waals surface area contributed by atoms with Crippen LogP contribution in [0.25, 0.3) is 0 Å². The zero-order chi connectivity index (χ0) is 17.5. The Kier molecular flexibility index (Phi) is 5.95. The first kappa shape index (κ1) is 17.5. The van der Waals surface area contributed by atoms with Gasteiger partial charge in [-0.1, -0.05) is 37.3 Å². The van der Waals surface area contributed by atoms with E-state index in [0.29, 0.717) is 29.8 Å². The highest BCUT2D eigenvalue weighted by atomic mass is 16.3. The lowest BCUT2D eigenvalue weighted by molar-refractivity contribution is -0.119. The van der Waals surface area contributed by atoms with Crippen LogP contribution in [0.2, 0.25) is 0 Å². The molecular formula is C19H22N2O3. The number of rotatable bonds is 6. The van der Waals surface area contributed by atoms with E-state index in [1.807, 2.05) is 37.3 Å². The molecule has 2 aromatic rings. The zero-order valence-electron chi connectivity index (χ0n) is 13.9. The summed E-state index contributed by atoms with van der Waals surface area (Å²) in [6, 6.07) is 12.8. The Hall–Kier alpha value is -2.82. The van der Waals surface area contributed by atoms with E-state index in [-0.39, 0.29) is 24.0 Å². The Balaban J connectivity index is 2.03. The van der Waals surface area contributed by atoms with E-state index in [0.717, 1.165) is 5.56 Å². The number of aromatic hydroxyl groups is 2. The molecule has 0 spiro atoms. The summed E-state index contributed by atoms with van der Waals surface area (Å²) in [5, 5.41) is 22.6. The fourth-order valence-electron chi connectivity index (χ4n) is 2.33. The standard InChI is InChI=1S/C19H22N2O3/c1-3-16(15-9-10-17(22)13(2)19(15)24)20-12-18(23)21-11-14-7-5-4-6-8-14/h4-10,22,24H,3,11-12H2,1-2H3,(H,21,23). The van der Waals surface area contributed by atoms with E-state index < -0.39 is 0 Å². The molecule has 0 saturated carbocycles. The fraction of sp³-hybridized carbons (Fsp3) is 0.263. The van der Waals surface area contributed by atoms with E-state index >= 15 is 0 Å². The van der Waals surface area contributed by atoms with Gasteiger partial charge in [-0.15, -0.1) is 0 Å². The Labute approximate surface area is 141 Å². The molecule has 0 fully saturated rings. The predicted molar refractivity (Wildman–Crippen MR) is 94.5 cm³/mol. The third-order valence-corrected chi connectivity index (χ3v) is 3.79. The summed E-state index contributed by atoms with van der Waals surface area (Å²) in [4.78, 5) is 16.3. The molecule has 2 rings (SSSR count). The number of carbonyl (C=O) groups excluding carboxylic acids is 1. The fourth-order valence-corrected chi connectivity index (χ4v) is 2.33. The molecule has 1 amide bonds. The van der Waals surface area contributed by atoms with Crippen molar-refractivity contribution in [2.45, 2.75) is 26.8 Å². The van der Waals surface area contributed by atoms with Gasteiger partial charge in [0.05, 0.1) is 0 Å². The Morgan fingerprint density at radius 2 is 1.83 bits per heavy atom. The van der Waals surface area contributed by atoms with E-state index in [4.69, 9.17) is 0 Å². The maximum atomic E-state index is 12.0. The quantitative estimate of drug-likeness (QED) is 0.714. The van der Waals surface area contributed by atoms with Crippen molar-refractivity contribution < 1.29 is 15.0 Å². The second kappa shape index (κ2) is 8.15. The molecule has 0 aliphatic heterocycles. The molecule has 0 aliphatic carbocycles. The van der Waals surface area contributed by atoms with Crippen LogP contribution in [0.4, 0.5) is 0 Å². The van der Waals surface area contributed by atoms with E-state index in [9.17, 15) is 15.0 Å². The smallest absolute Gasteiger partial charge is 0.241 e. The molecule has 0 radical (unpaired) electrons. The monoisotopic (exact) mass is 326 g/mol. The largest absolute Gasteiger partial charge is 0.508 e. The number of hydrogen-bond acceptors (Lipinski definition) is 4. The second-order valence-electron chi connectivity index (χ2n) is 5.48. The first-order chi connectivity index (χ1) is 11.5. The van der Waals surface area contributed by atoms with Crippen LogP contribution in [0.5, 0.6) is 11.5 Å². The van der Waals surface area contributed by atoms with Gasteiger partial charge in [-0.3, -0.25) is 9.79 Å². The normalized spacial score (nSPS) is 11.3. The number of nitrogens with zero attached hydrogens (tertiary/aromatic N) is 1. The van der Waals surface area contributed by atoms with Crippen molar-refractivity contribution in [3.8, 4) is 11.5 Å². The molecule has 0 aromatic heterocycles. The van der Waals surface area contributed by atoms with Gasteiger partial charge < -0.3 is 15.5 Å². The summed E-state index contributed by atoms with van der Waals surface area (Å²) < 4.78 is 0. The highest BCUT2D eigenvalue weighted by molar-refractivity contribution is 6.04. The van der Waals surface area contributed by atoms with Crippen molar-refractivity contribution in [2.24, 2.45) is 4.99 Å². The van der Waals surface area contributed by atoms with Crippen LogP contribution in [0.1, 0.15) is 30.0 Å². The van der Waals surface area contributed by atoms with Gasteiger partial charge in [-0.25, -0.2) is 0 Å². The van der Waals surface area contributed by atoms with Gasteiger partial charge in [0.2, 0.25) is 5.91 Å². The van der Waals surface area contributed by atoms with Crippen molar-refractivity contribution in [1.82, 2.24) is 5.32 Å². The number of amides is 1. The Bertz CT molecular complexity index is 740. The summed E-state index contributed by atoms with van der Waals surface area (Å²) in [6.07, 6.45) is 0.573. The Morgan fingerprint density at radius 1 is 1.12 bits per heavy atom. The van der Waals surface area contributed by atoms with E-state index in [1.54, 1.807) is 13.0 Å². The van der Waals surface area contributed by atoms with Gasteiger partial charge in [0.25, 0.3) is 0 Å². The van der Waals surface area contributed by atoms with Gasteiger partial charge in [0, 0.05) is 23.4 Å². The maximum absolute atomic E-state index is 12.0. The minimum atomic E-state index is -0.181. The van der Waals surface area contributed by atoms with Gasteiger partial charge in [-0.2, -0.15) is 0 Å². The number of hydrogen-bond donors (Lipinski definition) is 3. The molecule has 0 heterocycles. The van der Waals surface area contributed by atoms with Gasteiger partial charge >= 0.3 is 0 Å². The van der Waals surface area contributed by atoms with Crippen molar-refractivity contribution in [1.29, 1.82) is 0 Å². The van der Waals surface area contributed by atoms with Crippen molar-refractivity contribution in [3.05, 3.63) is 59.2 Å². The number of phenolic OH excluding ortho intramolecular Hbond substituents is 2. The maximum Gasteiger partial charge on any atom is 0.241 e. The van der Waals surface area contributed by atoms with Crippen LogP contribution in [0.15, 0.2) is 47.5 Å². The number of aliphatic imine (C=N–C) groups is 1. The van der Waals surface area contributed by atoms with Crippen LogP contribution in [0, 0.1) is 6.92 Å². The Morgan fingerprint density at radius 3 is 2.50 bits per heavy atom. The van der Waals surface area contributed by atoms with Gasteiger partial charge in [-0.05, 0) is 31.0 Å². The first-order valence-corrected chi connectivity index (χ1v) is 7.88. The average Bonchev–Trinajstić information content (AvgIpc) is 2.61. The summed E-state index contributed by atoms with van der Waals surface area (Å²) >= 11 is 0. The van der Waals surface area contributed by atoms with Crippen LogP contribution in [0.3, 0.4) is 0 Å². The van der Waals surface area contributed by atoms with Crippen molar-refractivity contribution >= 4 is 11.6 Å². The van der Waals surface area contributed by atoms with Crippen LogP contribution < -0.4 is 5.32 Å². The van der Waals surface area contributed by atoms with E-state index in [2.05, 4.69) is 10.3 Å². The summed E-state index contributed by atoms with van der Waals surface area (Å²) in [6.45, 7) is 3.99. The highest BCUT2D eigenvalue weighted by Gasteiger charge is 2.12. The van der Waals surface area contributed by atoms with Crippen molar-refractivity contribution in [2.75, 3.05) is 6.54 Å². The third-order valence-electron chi connectivity index (χ3n) is 3.79. The summed E-state index contributed by atoms with van der Waals surface area (Å²) in [5.74, 6) is -0.146. The van der Waals surface area contributed by atoms with Crippen LogP contribution in [-0.4, -0.2) is 28.4 Å². The zero-order valence-corrected chi connectivity index (χ0v) is 13.9. The van der Waals surface area contributed by atoms with Crippen LogP contribution in [-0.2, 0) is 11.3 Å². The molecule has 0 atom stereocenters. The number of carbonyl (C=O) groups is 1. The third kappa shape index (κ3) is 4.35. The molecule has 0 aliphatic rings. The first-order valence-electron chi connectivity index (χ1n) is 7.88. The molecule has 24 heavy (non-hydrogen) atoms. The molecule has 3 N–H and O–H groups in total. The average molecular weight is 326 g/mol. The lowest BCUT2D eigenvalue weighted by Crippen LogP contribution is -2.25. The second-order valence-corrected chi connectivity index (χ2v) is 5.48. The van der Waals surface area contributed by atoms with Crippen molar-refractivity contribution in [3.63, 3.8) is 0 Å². The SMILES string of the molecule is CCC(=NCC(=O)NCc1ccccc1)c1ccc(O)c(C)c1O. The molecule has 0 unspecified atom stereocenters. The van der Waals surface area contributed by atoms with E-state index in [1.165, 1.54) is 6.07 Å². The topological polar surface area (TPSA) is 81.9 Å². The number of benzene rings is 2. The minimum absolute atomic E-state index is 0.000272. The van der Waals surface area contributed by atoms with Gasteiger partial charge in [0.15, 0.2) is 0 Å². The molecule has 5 heteroatoms. The molecule has 0 bridgehead atoms. The molecular weight excluding hydrogens is 304 g/mol. The highest BCUT2D eigenvalue weighted by Crippen LogP contribution is 2.30. The molecule has 2 aromatic carbocycles. The molecule has 5 nitrogen and oxygen atoms in total. The lowest BCUT2D eigenvalue weighted by atomic mass is 10.0. The lowest BCUT2D eigenvalue weighted by Gasteiger charge is -2.10. The van der Waals surface area contributed by atoms with Crippen LogP contribution >= 0.6 is 0 Å². The summed E-state index contributed by atoms with van der Waals surface area (Å²) in [5.41, 5.74) is 2.61. The minimum Gasteiger partial charge on any atom is -0.508 e. The predicted octanol–water partition coefficient (Wildman–Crippen LogP) is 2.92. The van der Waals surface area contributed by atoms with Gasteiger partial charge in [0.1, 0.15) is 18.0 Å².